The highest BCUT2D eigenvalue weighted by atomic mass is 127. The number of alkyl halides is 2. The quantitative estimate of drug-likeness (QED) is 0.109. The van der Waals surface area contributed by atoms with Crippen LogP contribution in [0.15, 0.2) is 58.5 Å². The van der Waals surface area contributed by atoms with E-state index in [1.165, 1.54) is 0 Å². The summed E-state index contributed by atoms with van der Waals surface area (Å²) in [7, 11) is 0. The van der Waals surface area contributed by atoms with Gasteiger partial charge in [0.05, 0.1) is 47.6 Å². The van der Waals surface area contributed by atoms with E-state index in [1.54, 1.807) is 11.8 Å². The SMILES string of the molecule is C[C@@H](COC(=O)NCCOCCNC(=O)CI)CC(=O)N(C[C@@H]1CNC[C@@H]1F)[C@@H](C1=NC(c2cc(F)ccc2F)=NC1Cc1ccccc1)C1CCOCC1. The Hall–Kier alpha value is -3.61. The largest absolute Gasteiger partial charge is 0.449 e. The van der Waals surface area contributed by atoms with Crippen LogP contribution in [0.25, 0.3) is 0 Å². The van der Waals surface area contributed by atoms with E-state index in [0.29, 0.717) is 62.3 Å². The van der Waals surface area contributed by atoms with Crippen molar-refractivity contribution in [1.82, 2.24) is 20.9 Å². The fourth-order valence-corrected chi connectivity index (χ4v) is 7.33. The van der Waals surface area contributed by atoms with Crippen LogP contribution in [0, 0.1) is 29.4 Å². The van der Waals surface area contributed by atoms with Gasteiger partial charge in [0.15, 0.2) is 5.84 Å². The van der Waals surface area contributed by atoms with E-state index >= 15 is 8.78 Å². The smallest absolute Gasteiger partial charge is 0.407 e. The number of alkyl carbamates (subject to hydrolysis) is 1. The third kappa shape index (κ3) is 12.7. The van der Waals surface area contributed by atoms with Gasteiger partial charge in [0, 0.05) is 64.7 Å². The number of hydrogen-bond donors (Lipinski definition) is 3. The Morgan fingerprint density at radius 3 is 2.51 bits per heavy atom. The Balaban J connectivity index is 1.34. The first kappa shape index (κ1) is 42.5. The maximum Gasteiger partial charge on any atom is 0.407 e. The van der Waals surface area contributed by atoms with Crippen molar-refractivity contribution in [2.75, 3.05) is 70.2 Å². The first-order valence-corrected chi connectivity index (χ1v) is 20.3. The second-order valence-corrected chi connectivity index (χ2v) is 14.9. The summed E-state index contributed by atoms with van der Waals surface area (Å²) in [4.78, 5) is 49.8. The molecular weight excluding hydrogens is 832 g/mol. The van der Waals surface area contributed by atoms with Crippen LogP contribution in [0.1, 0.15) is 37.3 Å². The van der Waals surface area contributed by atoms with Gasteiger partial charge in [0.25, 0.3) is 0 Å². The van der Waals surface area contributed by atoms with E-state index in [9.17, 15) is 18.8 Å². The van der Waals surface area contributed by atoms with Gasteiger partial charge in [0.1, 0.15) is 17.8 Å². The molecule has 0 bridgehead atoms. The standard InChI is InChI=1S/C39H50F3IN6O6/c1-25(24-55-39(52)46-12-16-54-15-11-45-34(50)20-43)17-35(51)49(23-28-21-44-22-32(28)42)37(27-9-13-53-14-10-27)36-33(18-26-5-3-2-4-6-26)47-38(48-36)30-19-29(40)7-8-31(30)41/h2-8,19,25,27-28,32-33,37,44H,9-18,20-24H2,1H3,(H,45,50)(H,46,52)/t25-,28+,32+,33?,37-/m1/s1. The van der Waals surface area contributed by atoms with Crippen LogP contribution < -0.4 is 16.0 Å². The zero-order valence-electron chi connectivity index (χ0n) is 31.0. The molecule has 3 N–H and O–H groups in total. The summed E-state index contributed by atoms with van der Waals surface area (Å²) in [5, 5.41) is 8.41. The average Bonchev–Trinajstić information content (AvgIpc) is 3.79. The van der Waals surface area contributed by atoms with Gasteiger partial charge in [-0.3, -0.25) is 14.6 Å². The van der Waals surface area contributed by atoms with Gasteiger partial charge < -0.3 is 35.1 Å². The molecule has 1 unspecified atom stereocenters. The maximum atomic E-state index is 15.3. The summed E-state index contributed by atoms with van der Waals surface area (Å²) in [6, 6.07) is 11.6. The zero-order chi connectivity index (χ0) is 39.2. The number of carbonyl (C=O) groups is 3. The van der Waals surface area contributed by atoms with Crippen LogP contribution in [0.5, 0.6) is 0 Å². The van der Waals surface area contributed by atoms with Gasteiger partial charge >= 0.3 is 6.09 Å². The molecule has 5 rings (SSSR count). The highest BCUT2D eigenvalue weighted by molar-refractivity contribution is 14.1. The summed E-state index contributed by atoms with van der Waals surface area (Å²) in [6.07, 6.45) is -0.224. The van der Waals surface area contributed by atoms with Gasteiger partial charge in [0.2, 0.25) is 11.8 Å². The van der Waals surface area contributed by atoms with Crippen LogP contribution in [-0.4, -0.2) is 123 Å². The lowest BCUT2D eigenvalue weighted by Crippen LogP contribution is -2.55. The van der Waals surface area contributed by atoms with Crippen molar-refractivity contribution in [2.45, 2.75) is 50.9 Å². The van der Waals surface area contributed by atoms with Crippen molar-refractivity contribution in [3.8, 4) is 0 Å². The number of rotatable bonds is 19. The summed E-state index contributed by atoms with van der Waals surface area (Å²) < 4.78 is 61.8. The third-order valence-electron chi connectivity index (χ3n) is 9.88. The van der Waals surface area contributed by atoms with E-state index in [4.69, 9.17) is 24.2 Å². The molecule has 3 amide bonds. The fourth-order valence-electron chi connectivity index (χ4n) is 7.06. The molecule has 5 atom stereocenters. The van der Waals surface area contributed by atoms with Gasteiger partial charge in [-0.2, -0.15) is 0 Å². The predicted octanol–water partition coefficient (Wildman–Crippen LogP) is 4.28. The van der Waals surface area contributed by atoms with Crippen molar-refractivity contribution in [2.24, 2.45) is 27.7 Å². The van der Waals surface area contributed by atoms with E-state index in [1.807, 2.05) is 52.9 Å². The molecule has 16 heteroatoms. The molecule has 2 saturated heterocycles. The second-order valence-electron chi connectivity index (χ2n) is 14.1. The Labute approximate surface area is 333 Å². The Morgan fingerprint density at radius 1 is 1.05 bits per heavy atom. The van der Waals surface area contributed by atoms with E-state index < -0.39 is 47.8 Å². The van der Waals surface area contributed by atoms with Crippen molar-refractivity contribution < 1.29 is 41.8 Å². The van der Waals surface area contributed by atoms with Gasteiger partial charge in [-0.1, -0.05) is 59.8 Å². The third-order valence-corrected chi connectivity index (χ3v) is 10.6. The molecule has 3 aliphatic heterocycles. The molecule has 0 spiro atoms. The molecule has 3 heterocycles. The van der Waals surface area contributed by atoms with Crippen LogP contribution in [0.2, 0.25) is 0 Å². The molecule has 0 aliphatic carbocycles. The maximum absolute atomic E-state index is 15.3. The molecule has 55 heavy (non-hydrogen) atoms. The molecule has 3 aliphatic rings. The number of carbonyl (C=O) groups excluding carboxylic acids is 3. The topological polar surface area (TPSA) is 143 Å². The molecule has 12 nitrogen and oxygen atoms in total. The van der Waals surface area contributed by atoms with E-state index in [2.05, 4.69) is 16.0 Å². The Kier molecular flexibility index (Phi) is 16.7. The fraction of sp³-hybridized carbons (Fsp3) is 0.564. The molecule has 0 saturated carbocycles. The number of hydrogen-bond acceptors (Lipinski definition) is 9. The number of halogens is 4. The summed E-state index contributed by atoms with van der Waals surface area (Å²) in [6.45, 7) is 4.44. The van der Waals surface area contributed by atoms with E-state index in [-0.39, 0.29) is 68.4 Å². The number of amidine groups is 1. The lowest BCUT2D eigenvalue weighted by molar-refractivity contribution is -0.136. The zero-order valence-corrected chi connectivity index (χ0v) is 33.1. The Morgan fingerprint density at radius 2 is 1.80 bits per heavy atom. The normalized spacial score (nSPS) is 21.0. The molecule has 2 aromatic rings. The van der Waals surface area contributed by atoms with Gasteiger partial charge in [-0.15, -0.1) is 0 Å². The molecule has 2 aromatic carbocycles. The monoisotopic (exact) mass is 882 g/mol. The molecular formula is C39H50F3IN6O6. The minimum atomic E-state index is -1.17. The second kappa shape index (κ2) is 21.6. The number of ether oxygens (including phenoxy) is 3. The minimum Gasteiger partial charge on any atom is -0.449 e. The molecule has 0 aromatic heterocycles. The lowest BCUT2D eigenvalue weighted by atomic mass is 9.83. The number of nitrogens with one attached hydrogen (secondary N) is 3. The summed E-state index contributed by atoms with van der Waals surface area (Å²) >= 11 is 1.97. The van der Waals surface area contributed by atoms with E-state index in [0.717, 1.165) is 23.8 Å². The summed E-state index contributed by atoms with van der Waals surface area (Å²) in [5.41, 5.74) is 1.42. The summed E-state index contributed by atoms with van der Waals surface area (Å²) in [5.74, 6) is -2.60. The Bertz CT molecular complexity index is 1650. The predicted molar refractivity (Wildman–Crippen MR) is 210 cm³/mol. The number of amides is 3. The van der Waals surface area contributed by atoms with Crippen LogP contribution >= 0.6 is 22.6 Å². The first-order chi connectivity index (χ1) is 26.6. The van der Waals surface area contributed by atoms with Crippen molar-refractivity contribution in [3.05, 3.63) is 71.3 Å². The highest BCUT2D eigenvalue weighted by Gasteiger charge is 2.43. The van der Waals surface area contributed by atoms with Gasteiger partial charge in [-0.05, 0) is 48.4 Å². The number of nitrogens with zero attached hydrogens (tertiary/aromatic N) is 3. The highest BCUT2D eigenvalue weighted by Crippen LogP contribution is 2.32. The van der Waals surface area contributed by atoms with Crippen LogP contribution in [-0.2, 0) is 30.2 Å². The van der Waals surface area contributed by atoms with Crippen LogP contribution in [0.3, 0.4) is 0 Å². The molecule has 300 valence electrons. The first-order valence-electron chi connectivity index (χ1n) is 18.8. The molecule has 2 fully saturated rings. The number of benzene rings is 2. The minimum absolute atomic E-state index is 0.000967. The van der Waals surface area contributed by atoms with Crippen molar-refractivity contribution in [3.63, 3.8) is 0 Å². The average molecular weight is 883 g/mol. The van der Waals surface area contributed by atoms with Crippen molar-refractivity contribution >= 4 is 52.0 Å². The van der Waals surface area contributed by atoms with Crippen molar-refractivity contribution in [1.29, 1.82) is 0 Å². The number of aliphatic imine (C=N–C) groups is 2. The lowest BCUT2D eigenvalue weighted by Gasteiger charge is -2.41. The molecule has 0 radical (unpaired) electrons. The van der Waals surface area contributed by atoms with Gasteiger partial charge in [-0.25, -0.2) is 23.0 Å². The van der Waals surface area contributed by atoms with Crippen LogP contribution in [0.4, 0.5) is 18.0 Å².